The van der Waals surface area contributed by atoms with Gasteiger partial charge >= 0.3 is 11.9 Å². The van der Waals surface area contributed by atoms with Gasteiger partial charge in [-0.05, 0) is 35.3 Å². The average Bonchev–Trinajstić information content (AvgIpc) is 2.82. The Kier molecular flexibility index (Phi) is 5.93. The van der Waals surface area contributed by atoms with E-state index in [0.717, 1.165) is 5.56 Å². The Balaban J connectivity index is 2.73. The Labute approximate surface area is 158 Å². The van der Waals surface area contributed by atoms with Crippen molar-refractivity contribution < 1.29 is 19.1 Å². The summed E-state index contributed by atoms with van der Waals surface area (Å²) in [7, 11) is 2.52. The third kappa shape index (κ3) is 3.99. The predicted octanol–water partition coefficient (Wildman–Crippen LogP) is 4.13. The number of anilines is 1. The highest BCUT2D eigenvalue weighted by molar-refractivity contribution is 6.33. The van der Waals surface area contributed by atoms with Crippen LogP contribution in [0.5, 0.6) is 0 Å². The highest BCUT2D eigenvalue weighted by Crippen LogP contribution is 2.35. The molecule has 0 saturated heterocycles. The summed E-state index contributed by atoms with van der Waals surface area (Å²) in [5.74, 6) is -1.31. The quantitative estimate of drug-likeness (QED) is 0.743. The van der Waals surface area contributed by atoms with Gasteiger partial charge in [-0.1, -0.05) is 44.5 Å². The topological polar surface area (TPSA) is 55.8 Å². The number of methoxy groups -OCH3 is 2. The van der Waals surface area contributed by atoms with Crippen LogP contribution >= 0.6 is 11.6 Å². The van der Waals surface area contributed by atoms with Crippen LogP contribution in [0.4, 0.5) is 5.69 Å². The van der Waals surface area contributed by atoms with Crippen molar-refractivity contribution in [3.05, 3.63) is 64.5 Å². The van der Waals surface area contributed by atoms with Gasteiger partial charge in [-0.2, -0.15) is 0 Å². The first-order valence-electron chi connectivity index (χ1n) is 8.05. The summed E-state index contributed by atoms with van der Waals surface area (Å²) in [5.41, 5.74) is 1.61. The van der Waals surface area contributed by atoms with Crippen LogP contribution in [0.2, 0.25) is 5.02 Å². The molecule has 0 fully saturated rings. The maximum atomic E-state index is 12.5. The van der Waals surface area contributed by atoms with E-state index < -0.39 is 11.9 Å². The van der Waals surface area contributed by atoms with Crippen molar-refractivity contribution in [3.8, 4) is 0 Å². The molecule has 26 heavy (non-hydrogen) atoms. The zero-order valence-electron chi connectivity index (χ0n) is 15.5. The van der Waals surface area contributed by atoms with Crippen LogP contribution in [-0.4, -0.2) is 26.2 Å². The summed E-state index contributed by atoms with van der Waals surface area (Å²) < 4.78 is 9.72. The molecule has 1 aliphatic heterocycles. The van der Waals surface area contributed by atoms with Gasteiger partial charge in [0, 0.05) is 6.20 Å². The molecule has 0 aliphatic carbocycles. The molecule has 0 spiro atoms. The molecular weight excluding hydrogens is 354 g/mol. The van der Waals surface area contributed by atoms with Gasteiger partial charge in [-0.3, -0.25) is 0 Å². The zero-order valence-corrected chi connectivity index (χ0v) is 16.3. The Hall–Kier alpha value is -2.53. The van der Waals surface area contributed by atoms with Crippen molar-refractivity contribution in [2.24, 2.45) is 0 Å². The minimum Gasteiger partial charge on any atom is -0.465 e. The van der Waals surface area contributed by atoms with Crippen molar-refractivity contribution in [1.29, 1.82) is 0 Å². The molecule has 2 rings (SSSR count). The van der Waals surface area contributed by atoms with Gasteiger partial charge in [-0.25, -0.2) is 9.59 Å². The number of hydrogen-bond donors (Lipinski definition) is 0. The highest BCUT2D eigenvalue weighted by atomic mass is 35.5. The van der Waals surface area contributed by atoms with E-state index in [2.05, 4.69) is 20.8 Å². The number of rotatable bonds is 3. The van der Waals surface area contributed by atoms with Gasteiger partial charge < -0.3 is 14.4 Å². The van der Waals surface area contributed by atoms with Crippen molar-refractivity contribution in [2.45, 2.75) is 26.2 Å². The molecular formula is C20H22ClNO4. The second kappa shape index (κ2) is 7.79. The molecule has 0 radical (unpaired) electrons. The molecule has 1 aliphatic rings. The van der Waals surface area contributed by atoms with Crippen LogP contribution in [-0.2, 0) is 24.5 Å². The van der Waals surface area contributed by atoms with E-state index >= 15 is 0 Å². The average molecular weight is 376 g/mol. The van der Waals surface area contributed by atoms with Gasteiger partial charge in [0.15, 0.2) is 0 Å². The number of halogens is 1. The van der Waals surface area contributed by atoms with Gasteiger partial charge in [-0.15, -0.1) is 0 Å². The van der Waals surface area contributed by atoms with E-state index in [9.17, 15) is 9.59 Å². The maximum Gasteiger partial charge on any atom is 0.355 e. The third-order valence-corrected chi connectivity index (χ3v) is 4.28. The fraction of sp³-hybridized carbons (Fsp3) is 0.300. The molecule has 6 heteroatoms. The van der Waals surface area contributed by atoms with E-state index in [1.54, 1.807) is 29.3 Å². The molecule has 0 unspecified atom stereocenters. The Morgan fingerprint density at radius 3 is 2.27 bits per heavy atom. The Bertz CT molecular complexity index is 816. The van der Waals surface area contributed by atoms with E-state index in [-0.39, 0.29) is 16.7 Å². The lowest BCUT2D eigenvalue weighted by Crippen LogP contribution is -2.27. The normalized spacial score (nSPS) is 14.3. The Morgan fingerprint density at radius 1 is 1.04 bits per heavy atom. The summed E-state index contributed by atoms with van der Waals surface area (Å²) in [4.78, 5) is 26.3. The number of ether oxygens (including phenoxy) is 2. The van der Waals surface area contributed by atoms with E-state index in [1.807, 2.05) is 12.1 Å². The smallest absolute Gasteiger partial charge is 0.355 e. The molecule has 1 aromatic rings. The number of esters is 2. The molecule has 1 aromatic carbocycles. The van der Waals surface area contributed by atoms with Crippen LogP contribution in [0.3, 0.4) is 0 Å². The molecule has 0 aromatic heterocycles. The molecule has 0 atom stereocenters. The number of hydrogen-bond acceptors (Lipinski definition) is 5. The number of allylic oxidation sites excluding steroid dienone is 2. The lowest BCUT2D eigenvalue weighted by Gasteiger charge is -2.27. The standard InChI is InChI=1S/C20H22ClNO4/c1-20(2,3)13-9-10-15(21)16(12-13)22-11-7-6-8-14(18(23)25-4)17(22)19(24)26-5/h6-12H,1-5H3. The van der Waals surface area contributed by atoms with Gasteiger partial charge in [0.2, 0.25) is 0 Å². The SMILES string of the molecule is COC(=O)C1=C(C(=O)OC)N(c2cc(C(C)(C)C)ccc2Cl)C=CC=C1. The van der Waals surface area contributed by atoms with Gasteiger partial charge in [0.1, 0.15) is 5.70 Å². The Morgan fingerprint density at radius 2 is 1.69 bits per heavy atom. The third-order valence-electron chi connectivity index (χ3n) is 3.96. The number of nitrogens with zero attached hydrogens (tertiary/aromatic N) is 1. The number of carbonyl (C=O) groups is 2. The molecule has 0 N–H and O–H groups in total. The van der Waals surface area contributed by atoms with Crippen LogP contribution in [0, 0.1) is 0 Å². The lowest BCUT2D eigenvalue weighted by molar-refractivity contribution is -0.139. The molecule has 138 valence electrons. The number of benzene rings is 1. The first-order valence-corrected chi connectivity index (χ1v) is 8.43. The maximum absolute atomic E-state index is 12.5. The van der Waals surface area contributed by atoms with Gasteiger partial charge in [0.05, 0.1) is 30.5 Å². The second-order valence-corrected chi connectivity index (χ2v) is 7.14. The molecule has 0 bridgehead atoms. The summed E-state index contributed by atoms with van der Waals surface area (Å²) in [6.45, 7) is 6.24. The first kappa shape index (κ1) is 19.8. The highest BCUT2D eigenvalue weighted by Gasteiger charge is 2.29. The van der Waals surface area contributed by atoms with E-state index in [0.29, 0.717) is 10.7 Å². The monoisotopic (exact) mass is 375 g/mol. The summed E-state index contributed by atoms with van der Waals surface area (Å²) in [5, 5.41) is 0.440. The van der Waals surface area contributed by atoms with E-state index in [4.69, 9.17) is 21.1 Å². The van der Waals surface area contributed by atoms with Crippen molar-refractivity contribution in [3.63, 3.8) is 0 Å². The predicted molar refractivity (Wildman–Crippen MR) is 102 cm³/mol. The second-order valence-electron chi connectivity index (χ2n) is 6.73. The van der Waals surface area contributed by atoms with Crippen LogP contribution in [0.15, 0.2) is 53.9 Å². The molecule has 1 heterocycles. The van der Waals surface area contributed by atoms with Crippen molar-refractivity contribution >= 4 is 29.2 Å². The summed E-state index contributed by atoms with van der Waals surface area (Å²) >= 11 is 6.42. The van der Waals surface area contributed by atoms with Crippen LogP contribution < -0.4 is 4.90 Å². The molecule has 5 nitrogen and oxygen atoms in total. The van der Waals surface area contributed by atoms with Crippen molar-refractivity contribution in [1.82, 2.24) is 0 Å². The van der Waals surface area contributed by atoms with E-state index in [1.165, 1.54) is 20.3 Å². The fourth-order valence-corrected chi connectivity index (χ4v) is 2.72. The van der Waals surface area contributed by atoms with Crippen LogP contribution in [0.1, 0.15) is 26.3 Å². The molecule has 0 saturated carbocycles. The summed E-state index contributed by atoms with van der Waals surface area (Å²) in [6, 6.07) is 5.61. The zero-order chi connectivity index (χ0) is 19.5. The molecule has 0 amide bonds. The first-order chi connectivity index (χ1) is 12.2. The largest absolute Gasteiger partial charge is 0.465 e. The minimum atomic E-state index is -0.668. The summed E-state index contributed by atoms with van der Waals surface area (Å²) in [6.07, 6.45) is 6.53. The van der Waals surface area contributed by atoms with Gasteiger partial charge in [0.25, 0.3) is 0 Å². The lowest BCUT2D eigenvalue weighted by atomic mass is 9.87. The number of carbonyl (C=O) groups excluding carboxylic acids is 2. The minimum absolute atomic E-state index is 0.0392. The van der Waals surface area contributed by atoms with Crippen LogP contribution in [0.25, 0.3) is 0 Å². The van der Waals surface area contributed by atoms with Crippen molar-refractivity contribution in [2.75, 3.05) is 19.1 Å². The fourth-order valence-electron chi connectivity index (χ4n) is 2.51.